The van der Waals surface area contributed by atoms with Crippen molar-refractivity contribution in [3.63, 3.8) is 0 Å². The first-order chi connectivity index (χ1) is 12.7. The molecule has 0 radical (unpaired) electrons. The predicted molar refractivity (Wildman–Crippen MR) is 109 cm³/mol. The van der Waals surface area contributed by atoms with E-state index >= 15 is 0 Å². The fraction of sp³-hybridized carbons (Fsp3) is 0.316. The van der Waals surface area contributed by atoms with Crippen molar-refractivity contribution in [3.05, 3.63) is 53.1 Å². The summed E-state index contributed by atoms with van der Waals surface area (Å²) >= 11 is 6.03. The molecule has 1 amide bonds. The van der Waals surface area contributed by atoms with E-state index in [0.717, 1.165) is 22.5 Å². The van der Waals surface area contributed by atoms with Gasteiger partial charge in [-0.2, -0.15) is 0 Å². The van der Waals surface area contributed by atoms with Crippen molar-refractivity contribution < 1.29 is 17.9 Å². The molecule has 0 spiro atoms. The van der Waals surface area contributed by atoms with E-state index in [1.165, 1.54) is 20.1 Å². The number of carbonyl (C=O) groups excluding carboxylic acids is 1. The van der Waals surface area contributed by atoms with Gasteiger partial charge in [-0.25, -0.2) is 8.42 Å². The van der Waals surface area contributed by atoms with Crippen LogP contribution in [0.25, 0.3) is 0 Å². The first-order valence-corrected chi connectivity index (χ1v) is 10.6. The van der Waals surface area contributed by atoms with Crippen molar-refractivity contribution in [2.45, 2.75) is 26.3 Å². The minimum atomic E-state index is -3.78. The van der Waals surface area contributed by atoms with Gasteiger partial charge in [0.1, 0.15) is 11.8 Å². The number of ether oxygens (including phenoxy) is 1. The van der Waals surface area contributed by atoms with E-state index in [1.807, 2.05) is 19.1 Å². The molecule has 0 saturated heterocycles. The molecule has 2 aromatic carbocycles. The van der Waals surface area contributed by atoms with Crippen LogP contribution in [0.3, 0.4) is 0 Å². The van der Waals surface area contributed by atoms with E-state index < -0.39 is 22.0 Å². The molecule has 0 bridgehead atoms. The summed E-state index contributed by atoms with van der Waals surface area (Å²) in [5.74, 6) is -0.163. The van der Waals surface area contributed by atoms with Crippen molar-refractivity contribution in [2.75, 3.05) is 23.0 Å². The minimum absolute atomic E-state index is 0.205. The maximum absolute atomic E-state index is 12.7. The number of halogens is 1. The Morgan fingerprint density at radius 1 is 1.22 bits per heavy atom. The van der Waals surface area contributed by atoms with Gasteiger partial charge in [-0.05, 0) is 49.2 Å². The lowest BCUT2D eigenvalue weighted by Crippen LogP contribution is -2.45. The van der Waals surface area contributed by atoms with Crippen LogP contribution in [0.2, 0.25) is 5.02 Å². The van der Waals surface area contributed by atoms with Crippen LogP contribution in [0.5, 0.6) is 5.75 Å². The average Bonchev–Trinajstić information content (AvgIpc) is 2.61. The molecular formula is C19H23ClN2O4S. The molecule has 27 heavy (non-hydrogen) atoms. The van der Waals surface area contributed by atoms with E-state index in [9.17, 15) is 13.2 Å². The summed E-state index contributed by atoms with van der Waals surface area (Å²) in [6.07, 6.45) is 1.92. The molecule has 0 aliphatic carbocycles. The van der Waals surface area contributed by atoms with Gasteiger partial charge in [0.2, 0.25) is 15.9 Å². The highest BCUT2D eigenvalue weighted by Crippen LogP contribution is 2.34. The van der Waals surface area contributed by atoms with Crippen LogP contribution in [0, 0.1) is 0 Å². The van der Waals surface area contributed by atoms with Crippen molar-refractivity contribution in [2.24, 2.45) is 0 Å². The number of nitrogens with zero attached hydrogens (tertiary/aromatic N) is 1. The zero-order valence-corrected chi connectivity index (χ0v) is 17.3. The van der Waals surface area contributed by atoms with Gasteiger partial charge in [0.15, 0.2) is 0 Å². The molecule has 1 atom stereocenters. The van der Waals surface area contributed by atoms with Crippen molar-refractivity contribution in [3.8, 4) is 5.75 Å². The number of aryl methyl sites for hydroxylation is 1. The summed E-state index contributed by atoms with van der Waals surface area (Å²) in [7, 11) is -2.36. The second-order valence-corrected chi connectivity index (χ2v) is 8.39. The Hall–Kier alpha value is -2.25. The number of nitrogens with one attached hydrogen (secondary N) is 1. The van der Waals surface area contributed by atoms with Gasteiger partial charge in [-0.1, -0.05) is 30.7 Å². The highest BCUT2D eigenvalue weighted by Gasteiger charge is 2.31. The Kier molecular flexibility index (Phi) is 6.73. The summed E-state index contributed by atoms with van der Waals surface area (Å²) in [6.45, 7) is 3.55. The zero-order valence-electron chi connectivity index (χ0n) is 15.7. The molecule has 146 valence electrons. The Morgan fingerprint density at radius 2 is 1.85 bits per heavy atom. The molecule has 0 fully saturated rings. The Labute approximate surface area is 165 Å². The maximum atomic E-state index is 12.7. The number of hydrogen-bond donors (Lipinski definition) is 1. The Balaban J connectivity index is 2.36. The predicted octanol–water partition coefficient (Wildman–Crippen LogP) is 3.70. The van der Waals surface area contributed by atoms with Gasteiger partial charge in [-0.3, -0.25) is 9.10 Å². The summed E-state index contributed by atoms with van der Waals surface area (Å²) < 4.78 is 31.1. The molecule has 2 aromatic rings. The first-order valence-electron chi connectivity index (χ1n) is 8.40. The van der Waals surface area contributed by atoms with Crippen LogP contribution in [-0.4, -0.2) is 33.7 Å². The minimum Gasteiger partial charge on any atom is -0.495 e. The van der Waals surface area contributed by atoms with Crippen molar-refractivity contribution >= 4 is 38.9 Å². The highest BCUT2D eigenvalue weighted by molar-refractivity contribution is 7.92. The Morgan fingerprint density at radius 3 is 2.37 bits per heavy atom. The molecule has 6 nitrogen and oxygen atoms in total. The molecule has 1 unspecified atom stereocenters. The number of benzene rings is 2. The Bertz CT molecular complexity index is 914. The third kappa shape index (κ3) is 5.14. The lowest BCUT2D eigenvalue weighted by Gasteiger charge is -2.29. The van der Waals surface area contributed by atoms with Gasteiger partial charge >= 0.3 is 0 Å². The lowest BCUT2D eigenvalue weighted by atomic mass is 10.1. The average molecular weight is 411 g/mol. The van der Waals surface area contributed by atoms with Crippen LogP contribution >= 0.6 is 11.6 Å². The number of sulfonamides is 1. The molecule has 0 aromatic heterocycles. The molecule has 0 aliphatic heterocycles. The summed E-state index contributed by atoms with van der Waals surface area (Å²) in [6, 6.07) is 11.0. The van der Waals surface area contributed by atoms with Gasteiger partial charge in [0.25, 0.3) is 0 Å². The first kappa shape index (κ1) is 21.1. The molecular weight excluding hydrogens is 388 g/mol. The quantitative estimate of drug-likeness (QED) is 0.755. The highest BCUT2D eigenvalue weighted by atomic mass is 35.5. The second-order valence-electron chi connectivity index (χ2n) is 6.09. The normalized spacial score (nSPS) is 12.3. The van der Waals surface area contributed by atoms with Crippen molar-refractivity contribution in [1.82, 2.24) is 0 Å². The molecule has 1 N–H and O–H groups in total. The standard InChI is InChI=1S/C19H23ClN2O4S/c1-5-14-6-9-16(10-7-14)21-19(23)13(2)22(27(4,24)25)17-12-15(20)8-11-18(17)26-3/h6-13H,5H2,1-4H3,(H,21,23). The number of carbonyl (C=O) groups is 1. The molecule has 2 rings (SSSR count). The summed E-state index contributed by atoms with van der Waals surface area (Å²) in [4.78, 5) is 12.7. The third-order valence-corrected chi connectivity index (χ3v) is 5.56. The largest absolute Gasteiger partial charge is 0.495 e. The molecule has 0 heterocycles. The second kappa shape index (κ2) is 8.63. The van der Waals surface area contributed by atoms with Crippen LogP contribution in [0.4, 0.5) is 11.4 Å². The zero-order chi connectivity index (χ0) is 20.2. The number of hydrogen-bond acceptors (Lipinski definition) is 4. The van der Waals surface area contributed by atoms with Gasteiger partial charge in [-0.15, -0.1) is 0 Å². The van der Waals surface area contributed by atoms with Gasteiger partial charge in [0.05, 0.1) is 19.1 Å². The lowest BCUT2D eigenvalue weighted by molar-refractivity contribution is -0.116. The smallest absolute Gasteiger partial charge is 0.247 e. The summed E-state index contributed by atoms with van der Waals surface area (Å²) in [5.41, 5.74) is 1.94. The van der Waals surface area contributed by atoms with E-state index in [0.29, 0.717) is 16.5 Å². The van der Waals surface area contributed by atoms with E-state index in [4.69, 9.17) is 16.3 Å². The topological polar surface area (TPSA) is 75.7 Å². The molecule has 0 saturated carbocycles. The SMILES string of the molecule is CCc1ccc(NC(=O)C(C)N(c2cc(Cl)ccc2OC)S(C)(=O)=O)cc1. The van der Waals surface area contributed by atoms with Crippen LogP contribution in [-0.2, 0) is 21.2 Å². The van der Waals surface area contributed by atoms with Gasteiger partial charge in [0, 0.05) is 10.7 Å². The van der Waals surface area contributed by atoms with Crippen molar-refractivity contribution in [1.29, 1.82) is 0 Å². The monoisotopic (exact) mass is 410 g/mol. The van der Waals surface area contributed by atoms with E-state index in [-0.39, 0.29) is 5.69 Å². The fourth-order valence-corrected chi connectivity index (χ4v) is 4.02. The number of anilines is 2. The number of methoxy groups -OCH3 is 1. The van der Waals surface area contributed by atoms with Crippen LogP contribution in [0.15, 0.2) is 42.5 Å². The van der Waals surface area contributed by atoms with Gasteiger partial charge < -0.3 is 10.1 Å². The van der Waals surface area contributed by atoms with Crippen LogP contribution in [0.1, 0.15) is 19.4 Å². The molecule has 8 heteroatoms. The van der Waals surface area contributed by atoms with Crippen LogP contribution < -0.4 is 14.4 Å². The third-order valence-electron chi connectivity index (χ3n) is 4.10. The summed E-state index contributed by atoms with van der Waals surface area (Å²) in [5, 5.41) is 3.08. The number of amides is 1. The molecule has 0 aliphatic rings. The van der Waals surface area contributed by atoms with E-state index in [1.54, 1.807) is 24.3 Å². The maximum Gasteiger partial charge on any atom is 0.247 e. The fourth-order valence-electron chi connectivity index (χ4n) is 2.69. The number of rotatable bonds is 7. The van der Waals surface area contributed by atoms with E-state index in [2.05, 4.69) is 5.32 Å².